The fraction of sp³-hybridized carbons (Fsp3) is 0.944. The normalized spacial score (nSPS) is 11.5. The molecular weight excluding hydrogens is 244 g/mol. The van der Waals surface area contributed by atoms with Crippen molar-refractivity contribution in [2.24, 2.45) is 0 Å². The van der Waals surface area contributed by atoms with Crippen molar-refractivity contribution in [3.8, 4) is 6.07 Å². The summed E-state index contributed by atoms with van der Waals surface area (Å²) >= 11 is 0. The second-order valence-electron chi connectivity index (χ2n) is 6.86. The Hall–Kier alpha value is -0.550. The summed E-state index contributed by atoms with van der Waals surface area (Å²) in [6.45, 7) is 4.06. The third kappa shape index (κ3) is 13.9. The predicted molar refractivity (Wildman–Crippen MR) is 88.5 cm³/mol. The first-order chi connectivity index (χ1) is 9.62. The number of hydrogen-bond donors (Lipinski definition) is 0. The number of nitrogens with zero attached hydrogens (tertiary/aromatic N) is 2. The molecule has 0 bridgehead atoms. The molecule has 0 fully saturated rings. The van der Waals surface area contributed by atoms with Gasteiger partial charge in [-0.25, -0.2) is 0 Å². The highest BCUT2D eigenvalue weighted by Gasteiger charge is 2.12. The molecule has 0 rings (SSSR count). The topological polar surface area (TPSA) is 23.8 Å². The molecule has 0 aliphatic heterocycles. The molecule has 0 saturated heterocycles. The minimum absolute atomic E-state index is 0.637. The minimum atomic E-state index is 0.637. The maximum Gasteiger partial charge on any atom is 0.166 e. The monoisotopic (exact) mass is 281 g/mol. The summed E-state index contributed by atoms with van der Waals surface area (Å²) in [7, 11) is 4.31. The van der Waals surface area contributed by atoms with Crippen molar-refractivity contribution < 1.29 is 4.48 Å². The van der Waals surface area contributed by atoms with Crippen LogP contribution in [-0.4, -0.2) is 31.7 Å². The highest BCUT2D eigenvalue weighted by atomic mass is 15.3. The Bertz CT molecular complexity index is 240. The number of hydrogen-bond acceptors (Lipinski definition) is 1. The fourth-order valence-electron chi connectivity index (χ4n) is 2.65. The van der Waals surface area contributed by atoms with Gasteiger partial charge in [0.05, 0.1) is 20.6 Å². The second-order valence-corrected chi connectivity index (χ2v) is 6.86. The molecule has 0 heterocycles. The Morgan fingerprint density at radius 1 is 0.700 bits per heavy atom. The van der Waals surface area contributed by atoms with Crippen LogP contribution in [0, 0.1) is 11.3 Å². The molecule has 0 aromatic carbocycles. The van der Waals surface area contributed by atoms with Gasteiger partial charge in [0.25, 0.3) is 0 Å². The maximum absolute atomic E-state index is 8.73. The van der Waals surface area contributed by atoms with Gasteiger partial charge in [0.15, 0.2) is 6.54 Å². The molecular formula is C18H37N2+. The van der Waals surface area contributed by atoms with Gasteiger partial charge in [-0.2, -0.15) is 5.26 Å². The lowest BCUT2D eigenvalue weighted by atomic mass is 10.1. The van der Waals surface area contributed by atoms with E-state index in [0.29, 0.717) is 6.54 Å². The van der Waals surface area contributed by atoms with E-state index in [0.717, 1.165) is 11.0 Å². The Morgan fingerprint density at radius 2 is 1.10 bits per heavy atom. The van der Waals surface area contributed by atoms with E-state index in [9.17, 15) is 0 Å². The van der Waals surface area contributed by atoms with Gasteiger partial charge < -0.3 is 4.48 Å². The van der Waals surface area contributed by atoms with E-state index in [1.54, 1.807) is 0 Å². The van der Waals surface area contributed by atoms with Crippen LogP contribution in [0.2, 0.25) is 0 Å². The van der Waals surface area contributed by atoms with Crippen LogP contribution in [-0.2, 0) is 0 Å². The average Bonchev–Trinajstić information content (AvgIpc) is 2.40. The van der Waals surface area contributed by atoms with Gasteiger partial charge in [-0.1, -0.05) is 71.1 Å². The van der Waals surface area contributed by atoms with Gasteiger partial charge >= 0.3 is 0 Å². The zero-order valence-corrected chi connectivity index (χ0v) is 14.3. The molecule has 2 heteroatoms. The number of unbranched alkanes of at least 4 members (excludes halogenated alkanes) is 11. The van der Waals surface area contributed by atoms with Gasteiger partial charge in [-0.3, -0.25) is 0 Å². The van der Waals surface area contributed by atoms with Gasteiger partial charge in [-0.15, -0.1) is 0 Å². The maximum atomic E-state index is 8.73. The Morgan fingerprint density at radius 3 is 1.50 bits per heavy atom. The van der Waals surface area contributed by atoms with E-state index in [1.165, 1.54) is 77.0 Å². The van der Waals surface area contributed by atoms with Gasteiger partial charge in [0.2, 0.25) is 0 Å². The average molecular weight is 282 g/mol. The number of nitriles is 1. The largest absolute Gasteiger partial charge is 0.317 e. The van der Waals surface area contributed by atoms with Crippen molar-refractivity contribution in [3.63, 3.8) is 0 Å². The molecule has 0 aliphatic carbocycles. The first kappa shape index (κ1) is 19.4. The quantitative estimate of drug-likeness (QED) is 0.241. The van der Waals surface area contributed by atoms with Crippen molar-refractivity contribution in [2.75, 3.05) is 27.2 Å². The zero-order valence-electron chi connectivity index (χ0n) is 14.3. The van der Waals surface area contributed by atoms with Crippen molar-refractivity contribution in [1.29, 1.82) is 5.26 Å². The third-order valence-electron chi connectivity index (χ3n) is 4.12. The molecule has 0 amide bonds. The van der Waals surface area contributed by atoms with Crippen LogP contribution in [0.4, 0.5) is 0 Å². The first-order valence-corrected chi connectivity index (χ1v) is 8.81. The van der Waals surface area contributed by atoms with Crippen molar-refractivity contribution >= 4 is 0 Å². The van der Waals surface area contributed by atoms with Crippen LogP contribution < -0.4 is 0 Å². The Balaban J connectivity index is 3.16. The molecule has 0 unspecified atom stereocenters. The number of rotatable bonds is 14. The smallest absolute Gasteiger partial charge is 0.166 e. The molecule has 0 N–H and O–H groups in total. The fourth-order valence-corrected chi connectivity index (χ4v) is 2.65. The molecule has 118 valence electrons. The van der Waals surface area contributed by atoms with Crippen molar-refractivity contribution in [2.45, 2.75) is 84.0 Å². The van der Waals surface area contributed by atoms with Crippen LogP contribution in [0.3, 0.4) is 0 Å². The van der Waals surface area contributed by atoms with Crippen LogP contribution in [0.25, 0.3) is 0 Å². The van der Waals surface area contributed by atoms with E-state index in [2.05, 4.69) is 27.1 Å². The first-order valence-electron chi connectivity index (χ1n) is 8.81. The molecule has 0 aromatic heterocycles. The lowest BCUT2D eigenvalue weighted by molar-refractivity contribution is -0.883. The molecule has 0 spiro atoms. The summed E-state index contributed by atoms with van der Waals surface area (Å²) in [4.78, 5) is 0. The summed E-state index contributed by atoms with van der Waals surface area (Å²) in [5.74, 6) is 0. The zero-order chi connectivity index (χ0) is 15.1. The van der Waals surface area contributed by atoms with Crippen molar-refractivity contribution in [1.82, 2.24) is 0 Å². The SMILES string of the molecule is CCCCCCCCCCCCCC[N+](C)(C)CC#N. The van der Waals surface area contributed by atoms with E-state index in [1.807, 2.05) is 0 Å². The van der Waals surface area contributed by atoms with E-state index in [4.69, 9.17) is 5.26 Å². The van der Waals surface area contributed by atoms with Crippen LogP contribution >= 0.6 is 0 Å². The molecule has 0 atom stereocenters. The standard InChI is InChI=1S/C18H37N2/c1-4-5-6-7-8-9-10-11-12-13-14-15-17-20(2,3)18-16-19/h4-15,17-18H2,1-3H3/q+1. The molecule has 0 aromatic rings. The molecule has 20 heavy (non-hydrogen) atoms. The minimum Gasteiger partial charge on any atom is -0.317 e. The molecule has 0 aliphatic rings. The highest BCUT2D eigenvalue weighted by molar-refractivity contribution is 4.66. The summed E-state index contributed by atoms with van der Waals surface area (Å²) in [5.41, 5.74) is 0. The van der Waals surface area contributed by atoms with E-state index in [-0.39, 0.29) is 0 Å². The van der Waals surface area contributed by atoms with E-state index >= 15 is 0 Å². The molecule has 0 saturated carbocycles. The Kier molecular flexibility index (Phi) is 13.1. The number of quaternary nitrogens is 1. The summed E-state index contributed by atoms with van der Waals surface area (Å²) < 4.78 is 0.855. The molecule has 2 nitrogen and oxygen atoms in total. The van der Waals surface area contributed by atoms with Crippen molar-refractivity contribution in [3.05, 3.63) is 0 Å². The third-order valence-corrected chi connectivity index (χ3v) is 4.12. The lowest BCUT2D eigenvalue weighted by Gasteiger charge is -2.26. The lowest BCUT2D eigenvalue weighted by Crippen LogP contribution is -2.40. The summed E-state index contributed by atoms with van der Waals surface area (Å²) in [5, 5.41) is 8.73. The summed E-state index contributed by atoms with van der Waals surface area (Å²) in [6.07, 6.45) is 16.8. The van der Waals surface area contributed by atoms with Gasteiger partial charge in [0, 0.05) is 0 Å². The second kappa shape index (κ2) is 13.4. The molecule has 0 radical (unpaired) electrons. The van der Waals surface area contributed by atoms with E-state index < -0.39 is 0 Å². The van der Waals surface area contributed by atoms with Gasteiger partial charge in [-0.05, 0) is 12.8 Å². The summed E-state index contributed by atoms with van der Waals surface area (Å²) in [6, 6.07) is 2.27. The van der Waals surface area contributed by atoms with Crippen LogP contribution in [0.15, 0.2) is 0 Å². The predicted octanol–water partition coefficient (Wildman–Crippen LogP) is 5.29. The Labute approximate surface area is 127 Å². The van der Waals surface area contributed by atoms with Crippen LogP contribution in [0.1, 0.15) is 84.0 Å². The highest BCUT2D eigenvalue weighted by Crippen LogP contribution is 2.12. The van der Waals surface area contributed by atoms with Gasteiger partial charge in [0.1, 0.15) is 6.07 Å². The van der Waals surface area contributed by atoms with Crippen LogP contribution in [0.5, 0.6) is 0 Å².